The highest BCUT2D eigenvalue weighted by atomic mass is 16.2. The Morgan fingerprint density at radius 3 is 3.00 bits per heavy atom. The second-order valence-corrected chi connectivity index (χ2v) is 2.34. The van der Waals surface area contributed by atoms with Crippen molar-refractivity contribution in [2.24, 2.45) is 0 Å². The van der Waals surface area contributed by atoms with Crippen molar-refractivity contribution in [1.82, 2.24) is 10.6 Å². The number of hydrogen-bond donors (Lipinski definition) is 2. The lowest BCUT2D eigenvalue weighted by atomic mass is 10.2. The number of rotatable bonds is 2. The van der Waals surface area contributed by atoms with Crippen LogP contribution in [0.5, 0.6) is 0 Å². The van der Waals surface area contributed by atoms with Gasteiger partial charge >= 0.3 is 6.03 Å². The Hall–Kier alpha value is -0.730. The van der Waals surface area contributed by atoms with Gasteiger partial charge in [-0.25, -0.2) is 4.79 Å². The summed E-state index contributed by atoms with van der Waals surface area (Å²) in [5.74, 6) is 0. The van der Waals surface area contributed by atoms with E-state index in [1.54, 1.807) is 0 Å². The molecule has 9 heavy (non-hydrogen) atoms. The Labute approximate surface area is 54.8 Å². The highest BCUT2D eigenvalue weighted by Gasteiger charge is 2.17. The van der Waals surface area contributed by atoms with Crippen LogP contribution >= 0.6 is 0 Å². The average molecular weight is 128 g/mol. The first kappa shape index (κ1) is 6.39. The fourth-order valence-corrected chi connectivity index (χ4v) is 1.03. The quantitative estimate of drug-likeness (QED) is 0.557. The predicted molar refractivity (Wildman–Crippen MR) is 35.2 cm³/mol. The lowest BCUT2D eigenvalue weighted by Gasteiger charge is -2.03. The average Bonchev–Trinajstić information content (AvgIpc) is 2.17. The highest BCUT2D eigenvalue weighted by molar-refractivity contribution is 5.76. The third-order valence-corrected chi connectivity index (χ3v) is 1.48. The molecule has 2 N–H and O–H groups in total. The second-order valence-electron chi connectivity index (χ2n) is 2.34. The lowest BCUT2D eigenvalue weighted by molar-refractivity contribution is 0.247. The van der Waals surface area contributed by atoms with Gasteiger partial charge in [0.15, 0.2) is 0 Å². The number of nitrogens with one attached hydrogen (secondary N) is 2. The molecule has 1 fully saturated rings. The highest BCUT2D eigenvalue weighted by Crippen LogP contribution is 1.98. The SMILES string of the molecule is CCCC1CNC(=O)N1. The summed E-state index contributed by atoms with van der Waals surface area (Å²) in [7, 11) is 0. The zero-order valence-electron chi connectivity index (χ0n) is 5.61. The molecule has 0 aromatic heterocycles. The van der Waals surface area contributed by atoms with E-state index >= 15 is 0 Å². The Morgan fingerprint density at radius 1 is 1.78 bits per heavy atom. The van der Waals surface area contributed by atoms with E-state index in [9.17, 15) is 4.79 Å². The molecule has 0 spiro atoms. The minimum Gasteiger partial charge on any atom is -0.336 e. The summed E-state index contributed by atoms with van der Waals surface area (Å²) < 4.78 is 0. The summed E-state index contributed by atoms with van der Waals surface area (Å²) in [5, 5.41) is 5.51. The van der Waals surface area contributed by atoms with E-state index in [2.05, 4.69) is 17.6 Å². The number of amides is 2. The zero-order chi connectivity index (χ0) is 6.69. The van der Waals surface area contributed by atoms with Crippen LogP contribution in [0, 0.1) is 0 Å². The van der Waals surface area contributed by atoms with Gasteiger partial charge in [-0.3, -0.25) is 0 Å². The molecule has 0 radical (unpaired) electrons. The maximum Gasteiger partial charge on any atom is 0.315 e. The van der Waals surface area contributed by atoms with Crippen molar-refractivity contribution in [1.29, 1.82) is 0 Å². The lowest BCUT2D eigenvalue weighted by Crippen LogP contribution is -2.26. The van der Waals surface area contributed by atoms with Gasteiger partial charge in [-0.2, -0.15) is 0 Å². The van der Waals surface area contributed by atoms with Gasteiger partial charge in [-0.1, -0.05) is 13.3 Å². The van der Waals surface area contributed by atoms with E-state index in [1.807, 2.05) is 0 Å². The molecule has 1 unspecified atom stereocenters. The van der Waals surface area contributed by atoms with Crippen LogP contribution < -0.4 is 10.6 Å². The normalized spacial score (nSPS) is 25.4. The largest absolute Gasteiger partial charge is 0.336 e. The van der Waals surface area contributed by atoms with E-state index in [-0.39, 0.29) is 6.03 Å². The summed E-state index contributed by atoms with van der Waals surface area (Å²) in [6.07, 6.45) is 2.21. The van der Waals surface area contributed by atoms with Crippen LogP contribution in [0.3, 0.4) is 0 Å². The first-order chi connectivity index (χ1) is 4.33. The molecule has 1 heterocycles. The van der Waals surface area contributed by atoms with Crippen LogP contribution in [-0.4, -0.2) is 18.6 Å². The van der Waals surface area contributed by atoms with E-state index < -0.39 is 0 Å². The summed E-state index contributed by atoms with van der Waals surface area (Å²) in [6, 6.07) is 0.357. The molecule has 1 aliphatic heterocycles. The standard InChI is InChI=1S/C6H12N2O/c1-2-3-5-4-7-6(9)8-5/h5H,2-4H2,1H3,(H2,7,8,9). The molecule has 1 aliphatic rings. The van der Waals surface area contributed by atoms with E-state index in [4.69, 9.17) is 0 Å². The summed E-state index contributed by atoms with van der Waals surface area (Å²) in [4.78, 5) is 10.5. The molecule has 0 aliphatic carbocycles. The van der Waals surface area contributed by atoms with Crippen LogP contribution in [0.4, 0.5) is 4.79 Å². The van der Waals surface area contributed by atoms with Gasteiger partial charge in [0, 0.05) is 12.6 Å². The third-order valence-electron chi connectivity index (χ3n) is 1.48. The van der Waals surface area contributed by atoms with E-state index in [0.29, 0.717) is 6.04 Å². The van der Waals surface area contributed by atoms with Crippen LogP contribution in [0.1, 0.15) is 19.8 Å². The van der Waals surface area contributed by atoms with Crippen molar-refractivity contribution in [2.45, 2.75) is 25.8 Å². The number of urea groups is 1. The Bertz CT molecular complexity index is 114. The fourth-order valence-electron chi connectivity index (χ4n) is 1.03. The van der Waals surface area contributed by atoms with Gasteiger partial charge in [0.05, 0.1) is 0 Å². The van der Waals surface area contributed by atoms with Gasteiger partial charge in [-0.15, -0.1) is 0 Å². The zero-order valence-corrected chi connectivity index (χ0v) is 5.61. The molecule has 3 heteroatoms. The smallest absolute Gasteiger partial charge is 0.315 e. The van der Waals surface area contributed by atoms with Crippen molar-refractivity contribution < 1.29 is 4.79 Å². The molecule has 2 amide bonds. The maximum atomic E-state index is 10.5. The first-order valence-corrected chi connectivity index (χ1v) is 3.37. The summed E-state index contributed by atoms with van der Waals surface area (Å²) in [5.41, 5.74) is 0. The fraction of sp³-hybridized carbons (Fsp3) is 0.833. The van der Waals surface area contributed by atoms with Crippen LogP contribution in [0.15, 0.2) is 0 Å². The molecule has 1 saturated heterocycles. The van der Waals surface area contributed by atoms with Gasteiger partial charge in [-0.05, 0) is 6.42 Å². The Kier molecular flexibility index (Phi) is 1.92. The minimum atomic E-state index is -0.0200. The van der Waals surface area contributed by atoms with Crippen LogP contribution in [-0.2, 0) is 0 Å². The van der Waals surface area contributed by atoms with Crippen molar-refractivity contribution >= 4 is 6.03 Å². The van der Waals surface area contributed by atoms with Gasteiger partial charge < -0.3 is 10.6 Å². The number of carbonyl (C=O) groups is 1. The summed E-state index contributed by atoms with van der Waals surface area (Å²) in [6.45, 7) is 2.91. The van der Waals surface area contributed by atoms with Crippen molar-refractivity contribution in [3.05, 3.63) is 0 Å². The van der Waals surface area contributed by atoms with E-state index in [1.165, 1.54) is 0 Å². The van der Waals surface area contributed by atoms with E-state index in [0.717, 1.165) is 19.4 Å². The molecule has 0 saturated carbocycles. The van der Waals surface area contributed by atoms with Gasteiger partial charge in [0.1, 0.15) is 0 Å². The maximum absolute atomic E-state index is 10.5. The number of carbonyl (C=O) groups excluding carboxylic acids is 1. The summed E-state index contributed by atoms with van der Waals surface area (Å²) >= 11 is 0. The molecule has 1 rings (SSSR count). The predicted octanol–water partition coefficient (Wildman–Crippen LogP) is 0.468. The molecule has 3 nitrogen and oxygen atoms in total. The topological polar surface area (TPSA) is 41.1 Å². The first-order valence-electron chi connectivity index (χ1n) is 3.37. The van der Waals surface area contributed by atoms with Crippen molar-refractivity contribution in [3.8, 4) is 0 Å². The van der Waals surface area contributed by atoms with Crippen molar-refractivity contribution in [3.63, 3.8) is 0 Å². The monoisotopic (exact) mass is 128 g/mol. The molecule has 0 aromatic rings. The Balaban J connectivity index is 2.22. The minimum absolute atomic E-state index is 0.0200. The molecule has 1 atom stereocenters. The van der Waals surface area contributed by atoms with Crippen LogP contribution in [0.2, 0.25) is 0 Å². The third kappa shape index (κ3) is 1.59. The molecule has 0 aromatic carbocycles. The molecular formula is C6H12N2O. The molecule has 52 valence electrons. The molecular weight excluding hydrogens is 116 g/mol. The molecule has 0 bridgehead atoms. The Morgan fingerprint density at radius 2 is 2.56 bits per heavy atom. The van der Waals surface area contributed by atoms with Gasteiger partial charge in [0.2, 0.25) is 0 Å². The number of hydrogen-bond acceptors (Lipinski definition) is 1. The van der Waals surface area contributed by atoms with Crippen molar-refractivity contribution in [2.75, 3.05) is 6.54 Å². The van der Waals surface area contributed by atoms with Crippen LogP contribution in [0.25, 0.3) is 0 Å². The second kappa shape index (κ2) is 2.71. The van der Waals surface area contributed by atoms with Gasteiger partial charge in [0.25, 0.3) is 0 Å².